The van der Waals surface area contributed by atoms with Gasteiger partial charge in [0.25, 0.3) is 0 Å². The fraction of sp³-hybridized carbons (Fsp3) is 0.444. The Balaban J connectivity index is 2.59. The van der Waals surface area contributed by atoms with Crippen LogP contribution in [0.3, 0.4) is 0 Å². The summed E-state index contributed by atoms with van der Waals surface area (Å²) in [6.07, 6.45) is -0.277. The van der Waals surface area contributed by atoms with E-state index in [0.717, 1.165) is 0 Å². The highest BCUT2D eigenvalue weighted by Crippen LogP contribution is 2.27. The lowest BCUT2D eigenvalue weighted by molar-refractivity contribution is -0.124. The number of carbonyl (C=O) groups is 4. The predicted octanol–water partition coefficient (Wildman–Crippen LogP) is 1.14. The first-order valence-corrected chi connectivity index (χ1v) is 8.54. The molecule has 0 fully saturated rings. The first-order chi connectivity index (χ1) is 12.7. The number of benzene rings is 1. The highest BCUT2D eigenvalue weighted by atomic mass is 16.5. The predicted molar refractivity (Wildman–Crippen MR) is 98.7 cm³/mol. The van der Waals surface area contributed by atoms with Gasteiger partial charge in [-0.15, -0.1) is 0 Å². The minimum Gasteiger partial charge on any atom is -0.489 e. The van der Waals surface area contributed by atoms with E-state index in [4.69, 9.17) is 9.84 Å². The average Bonchev–Trinajstić information content (AvgIpc) is 2.57. The molecule has 3 amide bonds. The molecule has 1 aromatic carbocycles. The Kier molecular flexibility index (Phi) is 8.77. The zero-order valence-corrected chi connectivity index (χ0v) is 15.6. The molecule has 0 saturated carbocycles. The molecule has 0 aromatic heterocycles. The number of amides is 3. The summed E-state index contributed by atoms with van der Waals surface area (Å²) in [5.41, 5.74) is 0.247. The average molecular weight is 379 g/mol. The van der Waals surface area contributed by atoms with E-state index in [1.165, 1.54) is 25.1 Å². The van der Waals surface area contributed by atoms with Gasteiger partial charge in [-0.3, -0.25) is 14.4 Å². The van der Waals surface area contributed by atoms with Crippen molar-refractivity contribution in [1.29, 1.82) is 0 Å². The minimum absolute atomic E-state index is 0.0112. The first kappa shape index (κ1) is 21.9. The number of carboxylic acid groups (broad SMARTS) is 1. The maximum absolute atomic E-state index is 12.1. The summed E-state index contributed by atoms with van der Waals surface area (Å²) < 4.78 is 5.57. The molecule has 1 aromatic rings. The summed E-state index contributed by atoms with van der Waals surface area (Å²) in [4.78, 5) is 45.6. The van der Waals surface area contributed by atoms with E-state index in [2.05, 4.69) is 16.0 Å². The van der Waals surface area contributed by atoms with Crippen molar-refractivity contribution in [2.45, 2.75) is 39.7 Å². The first-order valence-electron chi connectivity index (χ1n) is 8.54. The summed E-state index contributed by atoms with van der Waals surface area (Å²) in [5.74, 6) is -1.73. The SMILES string of the molecule is CC(=O)NCCNC(=O)CCC(=O)Nc1cc(C(=O)O)ccc1OC(C)C. The van der Waals surface area contributed by atoms with E-state index in [-0.39, 0.29) is 48.6 Å². The van der Waals surface area contributed by atoms with E-state index in [9.17, 15) is 19.2 Å². The summed E-state index contributed by atoms with van der Waals surface area (Å²) in [6.45, 7) is 5.57. The van der Waals surface area contributed by atoms with E-state index < -0.39 is 11.9 Å². The molecule has 1 rings (SSSR count). The van der Waals surface area contributed by atoms with Gasteiger partial charge in [0.15, 0.2) is 0 Å². The van der Waals surface area contributed by atoms with E-state index >= 15 is 0 Å². The molecule has 148 valence electrons. The van der Waals surface area contributed by atoms with Crippen molar-refractivity contribution < 1.29 is 29.0 Å². The number of hydrogen-bond donors (Lipinski definition) is 4. The molecule has 27 heavy (non-hydrogen) atoms. The van der Waals surface area contributed by atoms with Crippen LogP contribution in [0.2, 0.25) is 0 Å². The van der Waals surface area contributed by atoms with Crippen LogP contribution >= 0.6 is 0 Å². The van der Waals surface area contributed by atoms with Crippen molar-refractivity contribution in [2.75, 3.05) is 18.4 Å². The van der Waals surface area contributed by atoms with Gasteiger partial charge in [-0.1, -0.05) is 0 Å². The second kappa shape index (κ2) is 10.8. The third-order valence-corrected chi connectivity index (χ3v) is 3.26. The molecular formula is C18H25N3O6. The molecule has 0 radical (unpaired) electrons. The van der Waals surface area contributed by atoms with Crippen molar-refractivity contribution in [1.82, 2.24) is 10.6 Å². The zero-order valence-electron chi connectivity index (χ0n) is 15.6. The van der Waals surface area contributed by atoms with Crippen LogP contribution in [-0.4, -0.2) is 48.0 Å². The number of hydrogen-bond acceptors (Lipinski definition) is 5. The third kappa shape index (κ3) is 8.70. The molecule has 0 unspecified atom stereocenters. The van der Waals surface area contributed by atoms with Gasteiger partial charge in [-0.25, -0.2) is 4.79 Å². The second-order valence-electron chi connectivity index (χ2n) is 6.06. The van der Waals surface area contributed by atoms with Crippen molar-refractivity contribution in [3.8, 4) is 5.75 Å². The van der Waals surface area contributed by atoms with E-state index in [1.807, 2.05) is 13.8 Å². The normalized spacial score (nSPS) is 10.2. The van der Waals surface area contributed by atoms with Gasteiger partial charge in [0, 0.05) is 32.9 Å². The number of aromatic carboxylic acids is 1. The monoisotopic (exact) mass is 379 g/mol. The summed E-state index contributed by atoms with van der Waals surface area (Å²) >= 11 is 0. The molecule has 0 aliphatic rings. The van der Waals surface area contributed by atoms with Gasteiger partial charge in [-0.2, -0.15) is 0 Å². The lowest BCUT2D eigenvalue weighted by atomic mass is 10.1. The van der Waals surface area contributed by atoms with Crippen LogP contribution in [0.5, 0.6) is 5.75 Å². The molecule has 0 bridgehead atoms. The Bertz CT molecular complexity index is 702. The molecule has 0 saturated heterocycles. The smallest absolute Gasteiger partial charge is 0.335 e. The number of carboxylic acids is 1. The fourth-order valence-electron chi connectivity index (χ4n) is 2.09. The van der Waals surface area contributed by atoms with Crippen LogP contribution in [0.25, 0.3) is 0 Å². The second-order valence-corrected chi connectivity index (χ2v) is 6.06. The fourth-order valence-corrected chi connectivity index (χ4v) is 2.09. The largest absolute Gasteiger partial charge is 0.489 e. The molecule has 0 heterocycles. The Morgan fingerprint density at radius 2 is 1.67 bits per heavy atom. The van der Waals surface area contributed by atoms with Crippen molar-refractivity contribution >= 4 is 29.4 Å². The van der Waals surface area contributed by atoms with Gasteiger partial charge < -0.3 is 25.8 Å². The number of anilines is 1. The highest BCUT2D eigenvalue weighted by Gasteiger charge is 2.14. The van der Waals surface area contributed by atoms with Gasteiger partial charge in [0.1, 0.15) is 5.75 Å². The number of carbonyl (C=O) groups excluding carboxylic acids is 3. The number of nitrogens with one attached hydrogen (secondary N) is 3. The number of ether oxygens (including phenoxy) is 1. The van der Waals surface area contributed by atoms with Crippen LogP contribution in [0.1, 0.15) is 44.0 Å². The molecule has 9 heteroatoms. The van der Waals surface area contributed by atoms with E-state index in [1.54, 1.807) is 0 Å². The standard InChI is InChI=1S/C18H25N3O6/c1-11(2)27-15-5-4-13(18(25)26)10-14(15)21-17(24)7-6-16(23)20-9-8-19-12(3)22/h4-5,10-11H,6-9H2,1-3H3,(H,19,22)(H,20,23)(H,21,24)(H,25,26). The quantitative estimate of drug-likeness (QED) is 0.451. The molecule has 9 nitrogen and oxygen atoms in total. The minimum atomic E-state index is -1.12. The topological polar surface area (TPSA) is 134 Å². The molecular weight excluding hydrogens is 354 g/mol. The zero-order chi connectivity index (χ0) is 20.4. The Morgan fingerprint density at radius 3 is 2.26 bits per heavy atom. The van der Waals surface area contributed by atoms with Gasteiger partial charge in [-0.05, 0) is 32.0 Å². The van der Waals surface area contributed by atoms with Crippen molar-refractivity contribution in [2.24, 2.45) is 0 Å². The summed E-state index contributed by atoms with van der Waals surface area (Å²) in [6, 6.07) is 4.18. The van der Waals surface area contributed by atoms with Crippen LogP contribution in [0.4, 0.5) is 5.69 Å². The summed E-state index contributed by atoms with van der Waals surface area (Å²) in [7, 11) is 0. The molecule has 0 spiro atoms. The van der Waals surface area contributed by atoms with Crippen molar-refractivity contribution in [3.63, 3.8) is 0 Å². The van der Waals surface area contributed by atoms with Crippen molar-refractivity contribution in [3.05, 3.63) is 23.8 Å². The molecule has 0 aliphatic heterocycles. The lowest BCUT2D eigenvalue weighted by Crippen LogP contribution is -2.33. The maximum atomic E-state index is 12.1. The van der Waals surface area contributed by atoms with Crippen LogP contribution < -0.4 is 20.7 Å². The van der Waals surface area contributed by atoms with Crippen LogP contribution in [0.15, 0.2) is 18.2 Å². The van der Waals surface area contributed by atoms with Crippen LogP contribution in [-0.2, 0) is 14.4 Å². The lowest BCUT2D eigenvalue weighted by Gasteiger charge is -2.15. The summed E-state index contributed by atoms with van der Waals surface area (Å²) in [5, 5.41) is 16.8. The third-order valence-electron chi connectivity index (χ3n) is 3.26. The van der Waals surface area contributed by atoms with Gasteiger partial charge in [0.2, 0.25) is 17.7 Å². The van der Waals surface area contributed by atoms with Gasteiger partial charge >= 0.3 is 5.97 Å². The highest BCUT2D eigenvalue weighted by molar-refractivity contribution is 5.96. The molecule has 0 atom stereocenters. The van der Waals surface area contributed by atoms with Gasteiger partial charge in [0.05, 0.1) is 17.4 Å². The Morgan fingerprint density at radius 1 is 1.04 bits per heavy atom. The molecule has 4 N–H and O–H groups in total. The Labute approximate surface area is 157 Å². The van der Waals surface area contributed by atoms with Crippen LogP contribution in [0, 0.1) is 0 Å². The van der Waals surface area contributed by atoms with E-state index in [0.29, 0.717) is 12.3 Å². The maximum Gasteiger partial charge on any atom is 0.335 e. The molecule has 0 aliphatic carbocycles. The number of rotatable bonds is 10. The Hall–Kier alpha value is -3.10.